The molecule has 0 aromatic heterocycles. The topological polar surface area (TPSA) is 29.1 Å². The van der Waals surface area contributed by atoms with Crippen molar-refractivity contribution in [2.45, 2.75) is 58.4 Å². The van der Waals surface area contributed by atoms with Crippen molar-refractivity contribution in [1.82, 2.24) is 5.32 Å². The lowest BCUT2D eigenvalue weighted by molar-refractivity contribution is -0.126. The Morgan fingerprint density at radius 3 is 2.75 bits per heavy atom. The van der Waals surface area contributed by atoms with Crippen LogP contribution in [-0.2, 0) is 4.79 Å². The molecule has 94 valence electrons. The SMILES string of the molecule is CCCC(C)C(=O)NC1CCCCC1CBr. The van der Waals surface area contributed by atoms with E-state index in [0.717, 1.165) is 24.6 Å². The molecule has 0 spiro atoms. The van der Waals surface area contributed by atoms with E-state index in [1.54, 1.807) is 0 Å². The Kier molecular flexibility index (Phi) is 6.40. The van der Waals surface area contributed by atoms with Crippen LogP contribution in [0.5, 0.6) is 0 Å². The molecule has 1 rings (SSSR count). The molecule has 1 fully saturated rings. The zero-order valence-electron chi connectivity index (χ0n) is 10.5. The highest BCUT2D eigenvalue weighted by atomic mass is 79.9. The Morgan fingerprint density at radius 1 is 1.44 bits per heavy atom. The van der Waals surface area contributed by atoms with Gasteiger partial charge in [-0.1, -0.05) is 49.0 Å². The number of rotatable bonds is 5. The number of hydrogen-bond donors (Lipinski definition) is 1. The summed E-state index contributed by atoms with van der Waals surface area (Å²) in [5.74, 6) is 1.05. The quantitative estimate of drug-likeness (QED) is 0.772. The first-order valence-corrected chi connectivity index (χ1v) is 7.67. The summed E-state index contributed by atoms with van der Waals surface area (Å²) < 4.78 is 0. The van der Waals surface area contributed by atoms with Gasteiger partial charge in [0.15, 0.2) is 0 Å². The van der Waals surface area contributed by atoms with Crippen LogP contribution in [0.25, 0.3) is 0 Å². The van der Waals surface area contributed by atoms with Crippen molar-refractivity contribution in [1.29, 1.82) is 0 Å². The van der Waals surface area contributed by atoms with Crippen molar-refractivity contribution in [3.05, 3.63) is 0 Å². The van der Waals surface area contributed by atoms with E-state index in [-0.39, 0.29) is 11.8 Å². The van der Waals surface area contributed by atoms with E-state index in [1.165, 1.54) is 19.3 Å². The second-order valence-corrected chi connectivity index (χ2v) is 5.65. The maximum Gasteiger partial charge on any atom is 0.223 e. The minimum atomic E-state index is 0.169. The number of alkyl halides is 1. The number of halogens is 1. The molecule has 16 heavy (non-hydrogen) atoms. The summed E-state index contributed by atoms with van der Waals surface area (Å²) in [7, 11) is 0. The van der Waals surface area contributed by atoms with Crippen LogP contribution in [0.15, 0.2) is 0 Å². The number of carbonyl (C=O) groups is 1. The van der Waals surface area contributed by atoms with Crippen molar-refractivity contribution in [2.75, 3.05) is 5.33 Å². The first-order chi connectivity index (χ1) is 7.69. The minimum absolute atomic E-state index is 0.169. The van der Waals surface area contributed by atoms with Crippen molar-refractivity contribution < 1.29 is 4.79 Å². The summed E-state index contributed by atoms with van der Waals surface area (Å²) in [4.78, 5) is 11.9. The fraction of sp³-hybridized carbons (Fsp3) is 0.923. The van der Waals surface area contributed by atoms with E-state index in [4.69, 9.17) is 0 Å². The molecule has 0 bridgehead atoms. The Morgan fingerprint density at radius 2 is 2.12 bits per heavy atom. The van der Waals surface area contributed by atoms with Crippen LogP contribution < -0.4 is 5.32 Å². The molecule has 0 radical (unpaired) electrons. The van der Waals surface area contributed by atoms with Crippen molar-refractivity contribution in [3.8, 4) is 0 Å². The van der Waals surface area contributed by atoms with Crippen LogP contribution in [-0.4, -0.2) is 17.3 Å². The Labute approximate surface area is 108 Å². The first-order valence-electron chi connectivity index (χ1n) is 6.55. The molecule has 3 unspecified atom stereocenters. The normalized spacial score (nSPS) is 27.4. The van der Waals surface area contributed by atoms with E-state index >= 15 is 0 Å². The van der Waals surface area contributed by atoms with Crippen LogP contribution in [0.3, 0.4) is 0 Å². The number of nitrogens with one attached hydrogen (secondary N) is 1. The van der Waals surface area contributed by atoms with Crippen molar-refractivity contribution in [2.24, 2.45) is 11.8 Å². The summed E-state index contributed by atoms with van der Waals surface area (Å²) in [6, 6.07) is 0.403. The molecule has 1 aliphatic carbocycles. The lowest BCUT2D eigenvalue weighted by atomic mass is 9.85. The third kappa shape index (κ3) is 4.08. The molecule has 3 heteroatoms. The largest absolute Gasteiger partial charge is 0.353 e. The van der Waals surface area contributed by atoms with E-state index in [1.807, 2.05) is 6.92 Å². The highest BCUT2D eigenvalue weighted by Crippen LogP contribution is 2.26. The minimum Gasteiger partial charge on any atom is -0.353 e. The van der Waals surface area contributed by atoms with Gasteiger partial charge in [0.1, 0.15) is 0 Å². The molecule has 3 atom stereocenters. The lowest BCUT2D eigenvalue weighted by Gasteiger charge is -2.31. The zero-order valence-corrected chi connectivity index (χ0v) is 12.1. The van der Waals surface area contributed by atoms with Crippen LogP contribution >= 0.6 is 15.9 Å². The maximum atomic E-state index is 11.9. The number of hydrogen-bond acceptors (Lipinski definition) is 1. The predicted octanol–water partition coefficient (Wildman–Crippen LogP) is 3.49. The van der Waals surface area contributed by atoms with Crippen LogP contribution in [0.4, 0.5) is 0 Å². The summed E-state index contributed by atoms with van der Waals surface area (Å²) in [5.41, 5.74) is 0. The first kappa shape index (κ1) is 14.0. The van der Waals surface area contributed by atoms with Gasteiger partial charge in [0.05, 0.1) is 0 Å². The van der Waals surface area contributed by atoms with Crippen molar-refractivity contribution >= 4 is 21.8 Å². The average molecular weight is 290 g/mol. The van der Waals surface area contributed by atoms with E-state index < -0.39 is 0 Å². The molecule has 0 aliphatic heterocycles. The predicted molar refractivity (Wildman–Crippen MR) is 71.8 cm³/mol. The Hall–Kier alpha value is -0.0500. The van der Waals surface area contributed by atoms with Gasteiger partial charge in [0.25, 0.3) is 0 Å². The van der Waals surface area contributed by atoms with Gasteiger partial charge in [-0.2, -0.15) is 0 Å². The molecule has 1 N–H and O–H groups in total. The monoisotopic (exact) mass is 289 g/mol. The van der Waals surface area contributed by atoms with Crippen LogP contribution in [0, 0.1) is 11.8 Å². The third-order valence-electron chi connectivity index (χ3n) is 3.60. The van der Waals surface area contributed by atoms with Gasteiger partial charge in [-0.25, -0.2) is 0 Å². The van der Waals surface area contributed by atoms with E-state index in [2.05, 4.69) is 28.2 Å². The molecular formula is C13H24BrNO. The van der Waals surface area contributed by atoms with Gasteiger partial charge in [-0.05, 0) is 25.2 Å². The third-order valence-corrected chi connectivity index (χ3v) is 4.44. The molecule has 1 aliphatic rings. The fourth-order valence-corrected chi connectivity index (χ4v) is 3.25. The van der Waals surface area contributed by atoms with Gasteiger partial charge in [0.2, 0.25) is 5.91 Å². The maximum absolute atomic E-state index is 11.9. The molecule has 0 aromatic carbocycles. The van der Waals surface area contributed by atoms with Gasteiger partial charge < -0.3 is 5.32 Å². The second-order valence-electron chi connectivity index (χ2n) is 5.00. The zero-order chi connectivity index (χ0) is 12.0. The number of amides is 1. The fourth-order valence-electron chi connectivity index (χ4n) is 2.47. The number of carbonyl (C=O) groups excluding carboxylic acids is 1. The highest BCUT2D eigenvalue weighted by Gasteiger charge is 2.26. The van der Waals surface area contributed by atoms with Crippen molar-refractivity contribution in [3.63, 3.8) is 0 Å². The molecule has 0 saturated heterocycles. The smallest absolute Gasteiger partial charge is 0.223 e. The molecule has 2 nitrogen and oxygen atoms in total. The molecule has 1 saturated carbocycles. The van der Waals surface area contributed by atoms with E-state index in [9.17, 15) is 4.79 Å². The average Bonchev–Trinajstić information content (AvgIpc) is 2.30. The van der Waals surface area contributed by atoms with Gasteiger partial charge in [-0.15, -0.1) is 0 Å². The second kappa shape index (κ2) is 7.31. The van der Waals surface area contributed by atoms with Crippen LogP contribution in [0.1, 0.15) is 52.4 Å². The highest BCUT2D eigenvalue weighted by molar-refractivity contribution is 9.09. The van der Waals surface area contributed by atoms with Gasteiger partial charge in [-0.3, -0.25) is 4.79 Å². The molecule has 0 heterocycles. The molecule has 1 amide bonds. The van der Waals surface area contributed by atoms with Gasteiger partial charge >= 0.3 is 0 Å². The summed E-state index contributed by atoms with van der Waals surface area (Å²) >= 11 is 3.56. The Bertz CT molecular complexity index is 220. The summed E-state index contributed by atoms with van der Waals surface area (Å²) in [5, 5.41) is 4.25. The van der Waals surface area contributed by atoms with Gasteiger partial charge in [0, 0.05) is 17.3 Å². The lowest BCUT2D eigenvalue weighted by Crippen LogP contribution is -2.44. The molecular weight excluding hydrogens is 266 g/mol. The molecule has 0 aromatic rings. The summed E-state index contributed by atoms with van der Waals surface area (Å²) in [6.07, 6.45) is 7.06. The summed E-state index contributed by atoms with van der Waals surface area (Å²) in [6.45, 7) is 4.16. The van der Waals surface area contributed by atoms with Crippen LogP contribution in [0.2, 0.25) is 0 Å². The van der Waals surface area contributed by atoms with E-state index in [0.29, 0.717) is 12.0 Å². The standard InChI is InChI=1S/C13H24BrNO/c1-3-6-10(2)13(16)15-12-8-5-4-7-11(12)9-14/h10-12H,3-9H2,1-2H3,(H,15,16). The Balaban J connectivity index is 2.41.